The van der Waals surface area contributed by atoms with Crippen LogP contribution in [-0.2, 0) is 11.3 Å². The number of nitrogens with zero attached hydrogens (tertiary/aromatic N) is 3. The van der Waals surface area contributed by atoms with E-state index in [-0.39, 0.29) is 11.8 Å². The molecule has 4 rings (SSSR count). The van der Waals surface area contributed by atoms with Gasteiger partial charge < -0.3 is 9.84 Å². The zero-order chi connectivity index (χ0) is 21.1. The third-order valence-corrected chi connectivity index (χ3v) is 5.83. The van der Waals surface area contributed by atoms with Gasteiger partial charge in [0.05, 0.1) is 23.2 Å². The lowest BCUT2D eigenvalue weighted by molar-refractivity contribution is -0.121. The molecule has 1 fully saturated rings. The maximum atomic E-state index is 12.7. The quantitative estimate of drug-likeness (QED) is 0.585. The molecular weight excluding hydrogens is 423 g/mol. The summed E-state index contributed by atoms with van der Waals surface area (Å²) in [5.41, 5.74) is 2.63. The highest BCUT2D eigenvalue weighted by atomic mass is 35.5. The second-order valence-corrected chi connectivity index (χ2v) is 8.36. The van der Waals surface area contributed by atoms with Crippen molar-refractivity contribution in [1.82, 2.24) is 15.0 Å². The number of piperidine rings is 1. The number of nitrogens with one attached hydrogen (secondary N) is 1. The smallest absolute Gasteiger partial charge is 0.241 e. The minimum atomic E-state index is -0.135. The van der Waals surface area contributed by atoms with Gasteiger partial charge in [-0.15, -0.1) is 0 Å². The van der Waals surface area contributed by atoms with E-state index in [1.54, 1.807) is 18.2 Å². The van der Waals surface area contributed by atoms with Crippen molar-refractivity contribution in [2.75, 3.05) is 18.4 Å². The molecule has 1 saturated heterocycles. The van der Waals surface area contributed by atoms with Gasteiger partial charge in [-0.1, -0.05) is 52.6 Å². The van der Waals surface area contributed by atoms with Crippen LogP contribution in [0, 0.1) is 12.8 Å². The molecule has 2 heterocycles. The van der Waals surface area contributed by atoms with Gasteiger partial charge in [-0.3, -0.25) is 9.69 Å². The molecule has 1 amide bonds. The molecule has 0 bridgehead atoms. The number of rotatable bonds is 5. The van der Waals surface area contributed by atoms with Crippen LogP contribution in [0.15, 0.2) is 47.0 Å². The Hall–Kier alpha value is -2.41. The Balaban J connectivity index is 1.38. The van der Waals surface area contributed by atoms with Crippen molar-refractivity contribution in [2.45, 2.75) is 26.3 Å². The highest BCUT2D eigenvalue weighted by molar-refractivity contribution is 6.36. The van der Waals surface area contributed by atoms with E-state index in [1.165, 1.54) is 0 Å². The maximum absolute atomic E-state index is 12.7. The molecular formula is C22H22Cl2N4O2. The summed E-state index contributed by atoms with van der Waals surface area (Å²) in [6.07, 6.45) is 1.75. The first-order valence-electron chi connectivity index (χ1n) is 9.86. The number of amides is 1. The zero-order valence-electron chi connectivity index (χ0n) is 16.6. The predicted molar refractivity (Wildman–Crippen MR) is 118 cm³/mol. The van der Waals surface area contributed by atoms with Crippen molar-refractivity contribution in [3.8, 4) is 11.4 Å². The van der Waals surface area contributed by atoms with Crippen molar-refractivity contribution in [1.29, 1.82) is 0 Å². The van der Waals surface area contributed by atoms with Gasteiger partial charge in [0.15, 0.2) is 0 Å². The maximum Gasteiger partial charge on any atom is 0.241 e. The van der Waals surface area contributed by atoms with Crippen LogP contribution >= 0.6 is 23.2 Å². The van der Waals surface area contributed by atoms with E-state index in [0.717, 1.165) is 30.5 Å². The van der Waals surface area contributed by atoms with E-state index >= 15 is 0 Å². The fourth-order valence-electron chi connectivity index (χ4n) is 3.68. The number of likely N-dealkylation sites (tertiary alicyclic amines) is 1. The Morgan fingerprint density at radius 2 is 2.10 bits per heavy atom. The molecule has 1 atom stereocenters. The van der Waals surface area contributed by atoms with Crippen LogP contribution in [0.3, 0.4) is 0 Å². The van der Waals surface area contributed by atoms with Gasteiger partial charge >= 0.3 is 0 Å². The highest BCUT2D eigenvalue weighted by Gasteiger charge is 2.27. The van der Waals surface area contributed by atoms with Crippen LogP contribution in [0.25, 0.3) is 11.4 Å². The van der Waals surface area contributed by atoms with E-state index in [4.69, 9.17) is 27.7 Å². The number of benzene rings is 2. The Morgan fingerprint density at radius 3 is 2.90 bits per heavy atom. The van der Waals surface area contributed by atoms with Gasteiger partial charge in [0, 0.05) is 17.1 Å². The summed E-state index contributed by atoms with van der Waals surface area (Å²) < 4.78 is 5.46. The minimum Gasteiger partial charge on any atom is -0.338 e. The summed E-state index contributed by atoms with van der Waals surface area (Å²) in [6, 6.07) is 13.0. The number of anilines is 1. The van der Waals surface area contributed by atoms with Gasteiger partial charge in [0.1, 0.15) is 0 Å². The molecule has 0 spiro atoms. The lowest BCUT2D eigenvalue weighted by atomic mass is 9.97. The molecule has 1 aliphatic rings. The Bertz CT molecular complexity index is 1050. The molecule has 3 aromatic rings. The van der Waals surface area contributed by atoms with Gasteiger partial charge in [-0.2, -0.15) is 4.98 Å². The Morgan fingerprint density at radius 1 is 1.27 bits per heavy atom. The minimum absolute atomic E-state index is 0.0462. The number of halogens is 2. The second kappa shape index (κ2) is 9.16. The summed E-state index contributed by atoms with van der Waals surface area (Å²) in [5.74, 6) is 0.959. The normalized spacial score (nSPS) is 17.1. The van der Waals surface area contributed by atoms with E-state index in [1.807, 2.05) is 31.2 Å². The molecule has 6 nitrogen and oxygen atoms in total. The van der Waals surface area contributed by atoms with Gasteiger partial charge in [0.25, 0.3) is 0 Å². The standard InChI is InChI=1S/C22H22Cl2N4O2/c1-14-5-2-3-7-17(14)21-26-20(30-27-21)13-28-10-4-6-15(12-28)22(29)25-19-9-8-16(23)11-18(19)24/h2-3,5,7-9,11,15H,4,6,10,12-13H2,1H3,(H,25,29). The number of hydrogen-bond donors (Lipinski definition) is 1. The fourth-order valence-corrected chi connectivity index (χ4v) is 4.14. The summed E-state index contributed by atoms with van der Waals surface area (Å²) in [6.45, 7) is 4.04. The zero-order valence-corrected chi connectivity index (χ0v) is 18.1. The SMILES string of the molecule is Cc1ccccc1-c1noc(CN2CCCC(C(=O)Nc3ccc(Cl)cc3Cl)C2)n1. The number of aryl methyl sites for hydroxylation is 1. The summed E-state index contributed by atoms with van der Waals surface area (Å²) in [5, 5.41) is 8.00. The monoisotopic (exact) mass is 444 g/mol. The topological polar surface area (TPSA) is 71.3 Å². The molecule has 0 radical (unpaired) electrons. The average Bonchev–Trinajstić information content (AvgIpc) is 3.19. The van der Waals surface area contributed by atoms with Gasteiger partial charge in [-0.05, 0) is 50.1 Å². The van der Waals surface area contributed by atoms with Gasteiger partial charge in [0.2, 0.25) is 17.6 Å². The van der Waals surface area contributed by atoms with Crippen molar-refractivity contribution < 1.29 is 9.32 Å². The van der Waals surface area contributed by atoms with Crippen LogP contribution in [-0.4, -0.2) is 34.0 Å². The predicted octanol–water partition coefficient (Wildman–Crippen LogP) is 5.20. The number of aromatic nitrogens is 2. The summed E-state index contributed by atoms with van der Waals surface area (Å²) in [7, 11) is 0. The molecule has 1 aliphatic heterocycles. The Kier molecular flexibility index (Phi) is 6.37. The van der Waals surface area contributed by atoms with Crippen LogP contribution in [0.5, 0.6) is 0 Å². The van der Waals surface area contributed by atoms with Crippen LogP contribution in [0.4, 0.5) is 5.69 Å². The molecule has 1 unspecified atom stereocenters. The molecule has 0 aliphatic carbocycles. The van der Waals surface area contributed by atoms with E-state index in [9.17, 15) is 4.79 Å². The van der Waals surface area contributed by atoms with Crippen molar-refractivity contribution in [3.63, 3.8) is 0 Å². The van der Waals surface area contributed by atoms with E-state index < -0.39 is 0 Å². The fraction of sp³-hybridized carbons (Fsp3) is 0.318. The highest BCUT2D eigenvalue weighted by Crippen LogP contribution is 2.27. The van der Waals surface area contributed by atoms with Crippen LogP contribution in [0.2, 0.25) is 10.0 Å². The molecule has 1 N–H and O–H groups in total. The van der Waals surface area contributed by atoms with Gasteiger partial charge in [-0.25, -0.2) is 0 Å². The largest absolute Gasteiger partial charge is 0.338 e. The van der Waals surface area contributed by atoms with Crippen molar-refractivity contribution >= 4 is 34.8 Å². The Labute approximate surface area is 185 Å². The lowest BCUT2D eigenvalue weighted by Gasteiger charge is -2.30. The first kappa shape index (κ1) is 20.8. The third kappa shape index (κ3) is 4.83. The third-order valence-electron chi connectivity index (χ3n) is 5.28. The second-order valence-electron chi connectivity index (χ2n) is 7.51. The molecule has 30 heavy (non-hydrogen) atoms. The number of carbonyl (C=O) groups is 1. The van der Waals surface area contributed by atoms with Crippen LogP contribution < -0.4 is 5.32 Å². The van der Waals surface area contributed by atoms with Crippen molar-refractivity contribution in [3.05, 3.63) is 64.0 Å². The first-order valence-corrected chi connectivity index (χ1v) is 10.6. The molecule has 2 aromatic carbocycles. The summed E-state index contributed by atoms with van der Waals surface area (Å²) >= 11 is 12.1. The summed E-state index contributed by atoms with van der Waals surface area (Å²) in [4.78, 5) is 19.5. The molecule has 8 heteroatoms. The van der Waals surface area contributed by atoms with E-state index in [0.29, 0.717) is 40.5 Å². The molecule has 1 aromatic heterocycles. The number of carbonyl (C=O) groups excluding carboxylic acids is 1. The van der Waals surface area contributed by atoms with E-state index in [2.05, 4.69) is 20.4 Å². The molecule has 0 saturated carbocycles. The average molecular weight is 445 g/mol. The lowest BCUT2D eigenvalue weighted by Crippen LogP contribution is -2.40. The van der Waals surface area contributed by atoms with Crippen molar-refractivity contribution in [2.24, 2.45) is 5.92 Å². The molecule has 156 valence electrons. The number of hydrogen-bond acceptors (Lipinski definition) is 5. The first-order chi connectivity index (χ1) is 14.5. The van der Waals surface area contributed by atoms with Crippen LogP contribution in [0.1, 0.15) is 24.3 Å².